The maximum absolute atomic E-state index is 5.44. The molecule has 1 rings (SSSR count). The van der Waals surface area contributed by atoms with Gasteiger partial charge in [0.25, 0.3) is 0 Å². The molecule has 15 heavy (non-hydrogen) atoms. The fraction of sp³-hybridized carbons (Fsp3) is 0.833. The molecule has 3 nitrogen and oxygen atoms in total. The van der Waals surface area contributed by atoms with E-state index in [1.54, 1.807) is 0 Å². The van der Waals surface area contributed by atoms with Crippen molar-refractivity contribution < 1.29 is 9.47 Å². The van der Waals surface area contributed by atoms with Crippen molar-refractivity contribution in [2.24, 2.45) is 0 Å². The topological polar surface area (TPSA) is 30.5 Å². The van der Waals surface area contributed by atoms with Gasteiger partial charge in [-0.3, -0.25) is 0 Å². The van der Waals surface area contributed by atoms with E-state index in [9.17, 15) is 0 Å². The molecule has 1 atom stereocenters. The minimum absolute atomic E-state index is 0.0105. The number of ether oxygens (including phenoxy) is 2. The van der Waals surface area contributed by atoms with Crippen LogP contribution in [0.5, 0.6) is 0 Å². The molecule has 1 heterocycles. The average molecular weight is 211 g/mol. The lowest BCUT2D eigenvalue weighted by atomic mass is 10.1. The maximum Gasteiger partial charge on any atom is 0.159 e. The highest BCUT2D eigenvalue weighted by Crippen LogP contribution is 2.13. The van der Waals surface area contributed by atoms with Crippen LogP contribution in [-0.2, 0) is 9.47 Å². The van der Waals surface area contributed by atoms with Gasteiger partial charge >= 0.3 is 0 Å². The van der Waals surface area contributed by atoms with E-state index in [1.165, 1.54) is 0 Å². The molecule has 0 aromatic carbocycles. The Kier molecular flexibility index (Phi) is 6.42. The summed E-state index contributed by atoms with van der Waals surface area (Å²) in [4.78, 5) is 0. The van der Waals surface area contributed by atoms with Crippen molar-refractivity contribution in [2.75, 3.05) is 19.8 Å². The fourth-order valence-electron chi connectivity index (χ4n) is 1.74. The van der Waals surface area contributed by atoms with Gasteiger partial charge in [-0.1, -0.05) is 6.92 Å². The van der Waals surface area contributed by atoms with Gasteiger partial charge in [0.1, 0.15) is 0 Å². The summed E-state index contributed by atoms with van der Waals surface area (Å²) in [5.74, 6) is 6.01. The number of rotatable bonds is 6. The molecule has 1 unspecified atom stereocenters. The Balaban J connectivity index is 2.23. The van der Waals surface area contributed by atoms with Crippen molar-refractivity contribution in [3.8, 4) is 11.8 Å². The van der Waals surface area contributed by atoms with Crippen LogP contribution in [-0.4, -0.2) is 32.1 Å². The van der Waals surface area contributed by atoms with E-state index >= 15 is 0 Å². The average Bonchev–Trinajstić information content (AvgIpc) is 2.71. The van der Waals surface area contributed by atoms with Crippen LogP contribution in [0.3, 0.4) is 0 Å². The van der Waals surface area contributed by atoms with Crippen LogP contribution >= 0.6 is 0 Å². The second-order valence-corrected chi connectivity index (χ2v) is 3.63. The largest absolute Gasteiger partial charge is 0.350 e. The molecule has 0 amide bonds. The lowest BCUT2D eigenvalue weighted by molar-refractivity contribution is -0.0529. The summed E-state index contributed by atoms with van der Waals surface area (Å²) in [6, 6.07) is 0.457. The van der Waals surface area contributed by atoms with E-state index in [1.807, 2.05) is 6.92 Å². The van der Waals surface area contributed by atoms with Gasteiger partial charge in [0, 0.05) is 18.9 Å². The van der Waals surface area contributed by atoms with Crippen molar-refractivity contribution in [2.45, 2.75) is 45.4 Å². The zero-order chi connectivity index (χ0) is 10.9. The Bertz CT molecular complexity index is 213. The molecule has 0 aromatic heterocycles. The Labute approximate surface area is 92.5 Å². The molecule has 1 N–H and O–H groups in total. The Morgan fingerprint density at radius 2 is 2.13 bits per heavy atom. The predicted octanol–water partition coefficient (Wildman–Crippen LogP) is 1.53. The molecule has 1 aliphatic heterocycles. The maximum atomic E-state index is 5.44. The third-order valence-electron chi connectivity index (χ3n) is 2.46. The van der Waals surface area contributed by atoms with Gasteiger partial charge in [0.05, 0.1) is 13.2 Å². The molecule has 0 aromatic rings. The van der Waals surface area contributed by atoms with Crippen molar-refractivity contribution in [3.05, 3.63) is 0 Å². The van der Waals surface area contributed by atoms with E-state index in [4.69, 9.17) is 9.47 Å². The molecule has 0 aliphatic carbocycles. The van der Waals surface area contributed by atoms with Crippen LogP contribution in [0.2, 0.25) is 0 Å². The van der Waals surface area contributed by atoms with Crippen molar-refractivity contribution in [1.29, 1.82) is 0 Å². The third-order valence-corrected chi connectivity index (χ3v) is 2.46. The minimum atomic E-state index is -0.0105. The minimum Gasteiger partial charge on any atom is -0.350 e. The lowest BCUT2D eigenvalue weighted by Crippen LogP contribution is -2.32. The SMILES string of the molecule is CC#CCCC(CC1OCCO1)NCC. The van der Waals surface area contributed by atoms with Crippen LogP contribution in [0.15, 0.2) is 0 Å². The fourth-order valence-corrected chi connectivity index (χ4v) is 1.74. The summed E-state index contributed by atoms with van der Waals surface area (Å²) in [7, 11) is 0. The molecule has 1 fully saturated rings. The van der Waals surface area contributed by atoms with Gasteiger partial charge in [-0.05, 0) is 19.9 Å². The van der Waals surface area contributed by atoms with Gasteiger partial charge in [0.2, 0.25) is 0 Å². The van der Waals surface area contributed by atoms with Gasteiger partial charge in [-0.2, -0.15) is 0 Å². The van der Waals surface area contributed by atoms with Crippen LogP contribution in [0, 0.1) is 11.8 Å². The zero-order valence-electron chi connectivity index (χ0n) is 9.71. The van der Waals surface area contributed by atoms with Crippen LogP contribution in [0.1, 0.15) is 33.1 Å². The van der Waals surface area contributed by atoms with Gasteiger partial charge < -0.3 is 14.8 Å². The molecule has 0 radical (unpaired) electrons. The molecule has 86 valence electrons. The monoisotopic (exact) mass is 211 g/mol. The lowest BCUT2D eigenvalue weighted by Gasteiger charge is -2.19. The summed E-state index contributed by atoms with van der Waals surface area (Å²) < 4.78 is 10.9. The summed E-state index contributed by atoms with van der Waals surface area (Å²) >= 11 is 0. The standard InChI is InChI=1S/C12H21NO2/c1-3-5-6-7-11(13-4-2)10-12-14-8-9-15-12/h11-13H,4,6-10H2,1-2H3. The van der Waals surface area contributed by atoms with Crippen LogP contribution in [0.25, 0.3) is 0 Å². The van der Waals surface area contributed by atoms with E-state index in [0.717, 1.165) is 39.0 Å². The van der Waals surface area contributed by atoms with E-state index in [2.05, 4.69) is 24.1 Å². The first kappa shape index (κ1) is 12.5. The summed E-state index contributed by atoms with van der Waals surface area (Å²) in [6.45, 7) is 6.45. The highest BCUT2D eigenvalue weighted by molar-refractivity contribution is 4.95. The highest BCUT2D eigenvalue weighted by Gasteiger charge is 2.20. The van der Waals surface area contributed by atoms with Crippen molar-refractivity contribution in [1.82, 2.24) is 5.32 Å². The summed E-state index contributed by atoms with van der Waals surface area (Å²) in [6.07, 6.45) is 2.93. The normalized spacial score (nSPS) is 18.5. The molecule has 3 heteroatoms. The first-order valence-electron chi connectivity index (χ1n) is 5.73. The van der Waals surface area contributed by atoms with Gasteiger partial charge in [0.15, 0.2) is 6.29 Å². The molecule has 0 bridgehead atoms. The third kappa shape index (κ3) is 5.17. The van der Waals surface area contributed by atoms with Crippen LogP contribution < -0.4 is 5.32 Å². The van der Waals surface area contributed by atoms with Crippen molar-refractivity contribution >= 4 is 0 Å². The zero-order valence-corrected chi connectivity index (χ0v) is 9.71. The molecule has 0 saturated carbocycles. The molecule has 1 saturated heterocycles. The molecular formula is C12H21NO2. The highest BCUT2D eigenvalue weighted by atomic mass is 16.7. The van der Waals surface area contributed by atoms with Crippen molar-refractivity contribution in [3.63, 3.8) is 0 Å². The van der Waals surface area contributed by atoms with E-state index < -0.39 is 0 Å². The number of nitrogens with one attached hydrogen (secondary N) is 1. The smallest absolute Gasteiger partial charge is 0.159 e. The van der Waals surface area contributed by atoms with E-state index in [0.29, 0.717) is 6.04 Å². The quantitative estimate of drug-likeness (QED) is 0.676. The molecule has 0 spiro atoms. The molecule has 1 aliphatic rings. The van der Waals surface area contributed by atoms with Crippen LogP contribution in [0.4, 0.5) is 0 Å². The second kappa shape index (κ2) is 7.70. The Morgan fingerprint density at radius 1 is 1.40 bits per heavy atom. The Morgan fingerprint density at radius 3 is 2.73 bits per heavy atom. The summed E-state index contributed by atoms with van der Waals surface area (Å²) in [5.41, 5.74) is 0. The number of hydrogen-bond acceptors (Lipinski definition) is 3. The number of hydrogen-bond donors (Lipinski definition) is 1. The Hall–Kier alpha value is -0.560. The summed E-state index contributed by atoms with van der Waals surface area (Å²) in [5, 5.41) is 3.44. The second-order valence-electron chi connectivity index (χ2n) is 3.63. The van der Waals surface area contributed by atoms with Gasteiger partial charge in [-0.25, -0.2) is 0 Å². The first-order chi connectivity index (χ1) is 7.36. The van der Waals surface area contributed by atoms with E-state index in [-0.39, 0.29) is 6.29 Å². The van der Waals surface area contributed by atoms with Gasteiger partial charge in [-0.15, -0.1) is 11.8 Å². The molecular weight excluding hydrogens is 190 g/mol. The first-order valence-corrected chi connectivity index (χ1v) is 5.73. The predicted molar refractivity (Wildman–Crippen MR) is 60.5 cm³/mol.